The van der Waals surface area contributed by atoms with E-state index in [1.165, 1.54) is 45.6 Å². The van der Waals surface area contributed by atoms with Gasteiger partial charge in [0.25, 0.3) is 0 Å². The summed E-state index contributed by atoms with van der Waals surface area (Å²) in [4.78, 5) is 7.46. The Labute approximate surface area is 130 Å². The summed E-state index contributed by atoms with van der Waals surface area (Å²) in [6, 6.07) is 0.342. The molecule has 0 saturated carbocycles. The number of hydrogen-bond acceptors (Lipinski definition) is 5. The van der Waals surface area contributed by atoms with E-state index in [-0.39, 0.29) is 6.23 Å². The van der Waals surface area contributed by atoms with Crippen LogP contribution in [0.4, 0.5) is 0 Å². The van der Waals surface area contributed by atoms with Crippen molar-refractivity contribution in [2.45, 2.75) is 39.0 Å². The van der Waals surface area contributed by atoms with E-state index in [4.69, 9.17) is 0 Å². The number of rotatable bonds is 6. The van der Waals surface area contributed by atoms with E-state index >= 15 is 0 Å². The Morgan fingerprint density at radius 2 is 1.62 bits per heavy atom. The lowest BCUT2D eigenvalue weighted by Gasteiger charge is -2.38. The Morgan fingerprint density at radius 1 is 1.00 bits per heavy atom. The molecule has 2 heterocycles. The molecule has 0 spiro atoms. The number of nitrogens with one attached hydrogen (secondary N) is 1. The van der Waals surface area contributed by atoms with E-state index in [9.17, 15) is 5.11 Å². The van der Waals surface area contributed by atoms with Crippen LogP contribution in [0.5, 0.6) is 0 Å². The zero-order chi connectivity index (χ0) is 15.2. The molecule has 0 aliphatic carbocycles. The van der Waals surface area contributed by atoms with Crippen molar-refractivity contribution < 1.29 is 5.11 Å². The van der Waals surface area contributed by atoms with Gasteiger partial charge in [0.1, 0.15) is 6.23 Å². The molecule has 1 unspecified atom stereocenters. The van der Waals surface area contributed by atoms with E-state index in [1.807, 2.05) is 0 Å². The lowest BCUT2D eigenvalue weighted by Crippen LogP contribution is -2.49. The zero-order valence-electron chi connectivity index (χ0n) is 14.1. The van der Waals surface area contributed by atoms with Crippen LogP contribution >= 0.6 is 0 Å². The molecule has 2 N–H and O–H groups in total. The molecule has 124 valence electrons. The van der Waals surface area contributed by atoms with Crippen molar-refractivity contribution in [3.8, 4) is 0 Å². The summed E-state index contributed by atoms with van der Waals surface area (Å²) < 4.78 is 0. The second-order valence-electron chi connectivity index (χ2n) is 7.19. The van der Waals surface area contributed by atoms with Gasteiger partial charge in [0.2, 0.25) is 0 Å². The fourth-order valence-electron chi connectivity index (χ4n) is 3.43. The molecule has 0 aromatic heterocycles. The van der Waals surface area contributed by atoms with Crippen LogP contribution < -0.4 is 5.32 Å². The number of piperazine rings is 1. The minimum atomic E-state index is -0.390. The first-order valence-electron chi connectivity index (χ1n) is 8.60. The average Bonchev–Trinajstić information content (AvgIpc) is 2.42. The highest BCUT2D eigenvalue weighted by Crippen LogP contribution is 2.19. The first-order chi connectivity index (χ1) is 10.0. The number of aliphatic hydroxyl groups excluding tert-OH is 1. The largest absolute Gasteiger partial charge is 0.377 e. The van der Waals surface area contributed by atoms with Crippen LogP contribution in [-0.4, -0.2) is 91.5 Å². The van der Waals surface area contributed by atoms with Crippen molar-refractivity contribution in [3.63, 3.8) is 0 Å². The van der Waals surface area contributed by atoms with E-state index in [0.717, 1.165) is 25.6 Å². The molecule has 5 heteroatoms. The molecule has 2 rings (SSSR count). The van der Waals surface area contributed by atoms with Crippen molar-refractivity contribution in [1.29, 1.82) is 0 Å². The van der Waals surface area contributed by atoms with Crippen molar-refractivity contribution in [2.24, 2.45) is 5.92 Å². The summed E-state index contributed by atoms with van der Waals surface area (Å²) in [7, 11) is 2.21. The third kappa shape index (κ3) is 6.20. The van der Waals surface area contributed by atoms with Gasteiger partial charge in [-0.15, -0.1) is 0 Å². The first-order valence-corrected chi connectivity index (χ1v) is 8.60. The second kappa shape index (κ2) is 8.44. The van der Waals surface area contributed by atoms with Crippen LogP contribution in [-0.2, 0) is 0 Å². The highest BCUT2D eigenvalue weighted by atomic mass is 16.3. The minimum Gasteiger partial charge on any atom is -0.377 e. The van der Waals surface area contributed by atoms with Gasteiger partial charge in [0.05, 0.1) is 0 Å². The second-order valence-corrected chi connectivity index (χ2v) is 7.19. The summed E-state index contributed by atoms with van der Waals surface area (Å²) in [5.41, 5.74) is 0. The molecule has 21 heavy (non-hydrogen) atoms. The Balaban J connectivity index is 1.62. The van der Waals surface area contributed by atoms with Gasteiger partial charge in [0.15, 0.2) is 0 Å². The number of nitrogens with zero attached hydrogens (tertiary/aromatic N) is 3. The monoisotopic (exact) mass is 298 g/mol. The fourth-order valence-corrected chi connectivity index (χ4v) is 3.43. The van der Waals surface area contributed by atoms with E-state index < -0.39 is 0 Å². The number of aliphatic hydroxyl groups is 1. The van der Waals surface area contributed by atoms with Crippen molar-refractivity contribution >= 4 is 0 Å². The lowest BCUT2D eigenvalue weighted by atomic mass is 9.96. The van der Waals surface area contributed by atoms with Crippen molar-refractivity contribution in [1.82, 2.24) is 20.0 Å². The Hall–Kier alpha value is -0.200. The summed E-state index contributed by atoms with van der Waals surface area (Å²) in [5, 5.41) is 13.1. The topological polar surface area (TPSA) is 42.0 Å². The number of β-amino-alcohol motifs (C(OH)–C–C–N with tert-alkyl or cyclic N) is 1. The van der Waals surface area contributed by atoms with Gasteiger partial charge in [-0.2, -0.15) is 0 Å². The highest BCUT2D eigenvalue weighted by molar-refractivity contribution is 4.78. The van der Waals surface area contributed by atoms with Crippen LogP contribution in [0.3, 0.4) is 0 Å². The van der Waals surface area contributed by atoms with Crippen LogP contribution in [0.25, 0.3) is 0 Å². The zero-order valence-corrected chi connectivity index (χ0v) is 14.1. The summed E-state index contributed by atoms with van der Waals surface area (Å²) in [6.45, 7) is 13.3. The van der Waals surface area contributed by atoms with Crippen molar-refractivity contribution in [2.75, 3.05) is 59.4 Å². The standard InChI is InChI=1S/C16H34N4O/c1-14(2)17-16(21)13-19-6-4-15(5-7-19)12-20-10-8-18(3)9-11-20/h14-17,21H,4-13H2,1-3H3. The Bertz CT molecular complexity index is 284. The molecular weight excluding hydrogens is 264 g/mol. The summed E-state index contributed by atoms with van der Waals surface area (Å²) in [6.07, 6.45) is 2.17. The van der Waals surface area contributed by atoms with E-state index in [0.29, 0.717) is 6.04 Å². The average molecular weight is 298 g/mol. The Kier molecular flexibility index (Phi) is 6.89. The highest BCUT2D eigenvalue weighted by Gasteiger charge is 2.24. The molecule has 2 aliphatic rings. The van der Waals surface area contributed by atoms with Gasteiger partial charge in [0, 0.05) is 45.3 Å². The van der Waals surface area contributed by atoms with Crippen molar-refractivity contribution in [3.05, 3.63) is 0 Å². The van der Waals surface area contributed by atoms with Crippen LogP contribution in [0.15, 0.2) is 0 Å². The summed E-state index contributed by atoms with van der Waals surface area (Å²) >= 11 is 0. The SMILES string of the molecule is CC(C)NC(O)CN1CCC(CN2CCN(C)CC2)CC1. The molecule has 0 radical (unpaired) electrons. The van der Waals surface area contributed by atoms with Gasteiger partial charge in [-0.25, -0.2) is 0 Å². The normalized spacial score (nSPS) is 25.6. The van der Waals surface area contributed by atoms with Gasteiger partial charge in [-0.1, -0.05) is 0 Å². The number of likely N-dealkylation sites (N-methyl/N-ethyl adjacent to an activating group) is 1. The molecule has 2 fully saturated rings. The Morgan fingerprint density at radius 3 is 2.19 bits per heavy atom. The maximum Gasteiger partial charge on any atom is 0.117 e. The van der Waals surface area contributed by atoms with E-state index in [2.05, 4.69) is 40.9 Å². The minimum absolute atomic E-state index is 0.342. The van der Waals surface area contributed by atoms with Gasteiger partial charge < -0.3 is 14.9 Å². The maximum absolute atomic E-state index is 9.96. The number of hydrogen-bond donors (Lipinski definition) is 2. The third-order valence-electron chi connectivity index (χ3n) is 4.78. The van der Waals surface area contributed by atoms with Gasteiger partial charge >= 0.3 is 0 Å². The molecule has 0 aromatic rings. The van der Waals surface area contributed by atoms with E-state index in [1.54, 1.807) is 0 Å². The molecular formula is C16H34N4O. The van der Waals surface area contributed by atoms with Crippen LogP contribution in [0, 0.1) is 5.92 Å². The van der Waals surface area contributed by atoms with Gasteiger partial charge in [-0.3, -0.25) is 10.2 Å². The molecule has 1 atom stereocenters. The quantitative estimate of drug-likeness (QED) is 0.689. The van der Waals surface area contributed by atoms with Gasteiger partial charge in [-0.05, 0) is 52.7 Å². The first kappa shape index (κ1) is 17.2. The fraction of sp³-hybridized carbons (Fsp3) is 1.00. The smallest absolute Gasteiger partial charge is 0.117 e. The molecule has 2 aliphatic heterocycles. The molecule has 0 aromatic carbocycles. The lowest BCUT2D eigenvalue weighted by molar-refractivity contribution is 0.0534. The predicted octanol–water partition coefficient (Wildman–Crippen LogP) is 0.262. The summed E-state index contributed by atoms with van der Waals surface area (Å²) in [5.74, 6) is 0.847. The molecule has 5 nitrogen and oxygen atoms in total. The third-order valence-corrected chi connectivity index (χ3v) is 4.78. The number of piperidine rings is 1. The van der Waals surface area contributed by atoms with Crippen LogP contribution in [0.1, 0.15) is 26.7 Å². The molecule has 0 bridgehead atoms. The maximum atomic E-state index is 9.96. The molecule has 0 amide bonds. The molecule has 2 saturated heterocycles. The number of likely N-dealkylation sites (tertiary alicyclic amines) is 1. The predicted molar refractivity (Wildman–Crippen MR) is 87.4 cm³/mol. The van der Waals surface area contributed by atoms with Crippen LogP contribution in [0.2, 0.25) is 0 Å².